The molecule has 4 unspecified atom stereocenters. The van der Waals surface area contributed by atoms with Crippen LogP contribution in [0.25, 0.3) is 44.6 Å². The molecule has 0 saturated heterocycles. The normalized spacial score (nSPS) is 19.1. The smallest absolute Gasteiger partial charge is 0.418 e. The van der Waals surface area contributed by atoms with Crippen LogP contribution in [0.15, 0.2) is 106 Å². The molecule has 2 aliphatic carbocycles. The number of fused-ring (bicyclic) bond motifs is 4. The molecule has 302 valence electrons. The number of aryl methyl sites for hydroxylation is 2. The first-order valence-electron chi connectivity index (χ1n) is 21.5. The highest BCUT2D eigenvalue weighted by atomic mass is 16.6. The van der Waals surface area contributed by atoms with Gasteiger partial charge in [0, 0.05) is 33.0 Å². The van der Waals surface area contributed by atoms with Gasteiger partial charge in [-0.15, -0.1) is 0 Å². The summed E-state index contributed by atoms with van der Waals surface area (Å²) < 4.78 is 26.0. The quantitative estimate of drug-likeness (QED) is 0.0798. The molecular weight excluding hydrogens is 725 g/mol. The lowest BCUT2D eigenvalue weighted by Crippen LogP contribution is -2.46. The lowest BCUT2D eigenvalue weighted by atomic mass is 9.81. The SMILES string of the molecule is CCCN(CCC)C1CCc2cccc(-c3cc4ccccc4o3)c2C1OC(=O)C(=O)OC1c2c(cccc2-c2cc3ccccc3o2)CCC1N(CCC)CCC. The van der Waals surface area contributed by atoms with E-state index >= 15 is 0 Å². The maximum atomic E-state index is 14.5. The molecule has 58 heavy (non-hydrogen) atoms. The van der Waals surface area contributed by atoms with E-state index in [4.69, 9.17) is 18.3 Å². The van der Waals surface area contributed by atoms with E-state index in [0.717, 1.165) is 133 Å². The second-order valence-electron chi connectivity index (χ2n) is 16.0. The van der Waals surface area contributed by atoms with Gasteiger partial charge in [-0.3, -0.25) is 9.80 Å². The van der Waals surface area contributed by atoms with Crippen LogP contribution < -0.4 is 0 Å². The van der Waals surface area contributed by atoms with E-state index in [1.54, 1.807) is 0 Å². The van der Waals surface area contributed by atoms with Gasteiger partial charge in [0.15, 0.2) is 0 Å². The average molecular weight is 781 g/mol. The molecule has 0 spiro atoms. The number of carbonyl (C=O) groups excluding carboxylic acids is 2. The van der Waals surface area contributed by atoms with Crippen LogP contribution in [0.3, 0.4) is 0 Å². The van der Waals surface area contributed by atoms with Crippen LogP contribution in [0, 0.1) is 0 Å². The van der Waals surface area contributed by atoms with E-state index in [-0.39, 0.29) is 12.1 Å². The fraction of sp³-hybridized carbons (Fsp3) is 0.400. The van der Waals surface area contributed by atoms with Crippen molar-refractivity contribution in [2.75, 3.05) is 26.2 Å². The zero-order valence-electron chi connectivity index (χ0n) is 34.4. The third-order valence-electron chi connectivity index (χ3n) is 12.1. The molecule has 8 heteroatoms. The Bertz CT molecular complexity index is 2130. The molecular formula is C50H56N2O6. The van der Waals surface area contributed by atoms with Gasteiger partial charge in [-0.25, -0.2) is 9.59 Å². The fourth-order valence-electron chi connectivity index (χ4n) is 9.67. The number of nitrogens with zero attached hydrogens (tertiary/aromatic N) is 2. The molecule has 2 aliphatic rings. The Morgan fingerprint density at radius 3 is 1.33 bits per heavy atom. The van der Waals surface area contributed by atoms with E-state index in [2.05, 4.69) is 61.8 Å². The lowest BCUT2D eigenvalue weighted by Gasteiger charge is -2.42. The topological polar surface area (TPSA) is 85.4 Å². The van der Waals surface area contributed by atoms with Gasteiger partial charge in [0.2, 0.25) is 0 Å². The third kappa shape index (κ3) is 7.84. The molecule has 0 amide bonds. The number of esters is 2. The van der Waals surface area contributed by atoms with Crippen molar-refractivity contribution in [3.63, 3.8) is 0 Å². The van der Waals surface area contributed by atoms with Crippen molar-refractivity contribution >= 4 is 33.9 Å². The summed E-state index contributed by atoms with van der Waals surface area (Å²) in [6.07, 6.45) is 5.67. The Hall–Kier alpha value is -5.18. The molecule has 0 saturated carbocycles. The fourth-order valence-corrected chi connectivity index (χ4v) is 9.67. The summed E-state index contributed by atoms with van der Waals surface area (Å²) in [5, 5.41) is 2.01. The summed E-state index contributed by atoms with van der Waals surface area (Å²) in [6, 6.07) is 32.2. The molecule has 0 aliphatic heterocycles. The number of rotatable bonds is 14. The van der Waals surface area contributed by atoms with E-state index in [0.29, 0.717) is 11.5 Å². The first-order valence-corrected chi connectivity index (χ1v) is 21.5. The summed E-state index contributed by atoms with van der Waals surface area (Å²) in [5.41, 5.74) is 7.35. The highest BCUT2D eigenvalue weighted by Crippen LogP contribution is 2.45. The Kier molecular flexibility index (Phi) is 12.1. The molecule has 8 nitrogen and oxygen atoms in total. The maximum absolute atomic E-state index is 14.5. The first-order chi connectivity index (χ1) is 28.4. The van der Waals surface area contributed by atoms with Gasteiger partial charge in [0.1, 0.15) is 34.9 Å². The van der Waals surface area contributed by atoms with Crippen LogP contribution in [0.2, 0.25) is 0 Å². The summed E-state index contributed by atoms with van der Waals surface area (Å²) >= 11 is 0. The minimum atomic E-state index is -0.972. The Labute approximate surface area is 342 Å². The van der Waals surface area contributed by atoms with Crippen molar-refractivity contribution in [1.82, 2.24) is 9.80 Å². The summed E-state index contributed by atoms with van der Waals surface area (Å²) in [4.78, 5) is 33.9. The van der Waals surface area contributed by atoms with Crippen molar-refractivity contribution in [2.24, 2.45) is 0 Å². The van der Waals surface area contributed by atoms with Crippen molar-refractivity contribution < 1.29 is 27.9 Å². The number of furan rings is 2. The monoisotopic (exact) mass is 780 g/mol. The molecule has 0 radical (unpaired) electrons. The number of benzene rings is 4. The molecule has 4 aromatic carbocycles. The number of para-hydroxylation sites is 2. The highest BCUT2D eigenvalue weighted by molar-refractivity contribution is 6.29. The lowest BCUT2D eigenvalue weighted by molar-refractivity contribution is -0.179. The van der Waals surface area contributed by atoms with Crippen LogP contribution in [-0.4, -0.2) is 60.0 Å². The molecule has 8 rings (SSSR count). The standard InChI is InChI=1S/C50H56N2O6/c1-5-27-51(28-6-2)39-25-23-33-17-13-19-37(43-31-35-15-9-11-21-41(35)55-43)45(33)47(39)57-49(53)50(54)58-48-40(52(29-7-3)30-8-4)26-24-34-18-14-20-38(46(34)48)44-32-36-16-10-12-22-42(36)56-44/h9-22,31-32,39-40,47-48H,5-8,23-30H2,1-4H3. The molecule has 2 aromatic heterocycles. The van der Waals surface area contributed by atoms with Gasteiger partial charge in [-0.05, 0) is 113 Å². The van der Waals surface area contributed by atoms with Gasteiger partial charge >= 0.3 is 11.9 Å². The highest BCUT2D eigenvalue weighted by Gasteiger charge is 2.43. The molecule has 0 fully saturated rings. The summed E-state index contributed by atoms with van der Waals surface area (Å²) in [5.74, 6) is -0.516. The summed E-state index contributed by atoms with van der Waals surface area (Å²) in [6.45, 7) is 12.1. The van der Waals surface area contributed by atoms with Crippen molar-refractivity contribution in [1.29, 1.82) is 0 Å². The van der Waals surface area contributed by atoms with Crippen LogP contribution in [0.1, 0.15) is 101 Å². The molecule has 4 atom stereocenters. The maximum Gasteiger partial charge on any atom is 0.418 e. The van der Waals surface area contributed by atoms with Crippen LogP contribution >= 0.6 is 0 Å². The van der Waals surface area contributed by atoms with E-state index < -0.39 is 24.1 Å². The Morgan fingerprint density at radius 2 is 0.948 bits per heavy atom. The zero-order chi connectivity index (χ0) is 40.2. The van der Waals surface area contributed by atoms with E-state index in [1.165, 1.54) is 0 Å². The van der Waals surface area contributed by atoms with Gasteiger partial charge < -0.3 is 18.3 Å². The van der Waals surface area contributed by atoms with Gasteiger partial charge in [0.25, 0.3) is 0 Å². The second-order valence-corrected chi connectivity index (χ2v) is 16.0. The zero-order valence-corrected chi connectivity index (χ0v) is 34.4. The Balaban J connectivity index is 1.17. The number of hydrogen-bond acceptors (Lipinski definition) is 8. The molecule has 0 bridgehead atoms. The van der Waals surface area contributed by atoms with Crippen molar-refractivity contribution in [3.8, 4) is 22.6 Å². The van der Waals surface area contributed by atoms with Gasteiger partial charge in [-0.1, -0.05) is 100 Å². The predicted molar refractivity (Wildman–Crippen MR) is 229 cm³/mol. The molecule has 6 aromatic rings. The van der Waals surface area contributed by atoms with Crippen LogP contribution in [0.5, 0.6) is 0 Å². The second kappa shape index (κ2) is 17.8. The van der Waals surface area contributed by atoms with Gasteiger partial charge in [0.05, 0.1) is 12.1 Å². The van der Waals surface area contributed by atoms with Crippen molar-refractivity contribution in [3.05, 3.63) is 119 Å². The number of hydrogen-bond donors (Lipinski definition) is 0. The predicted octanol–water partition coefficient (Wildman–Crippen LogP) is 11.3. The largest absolute Gasteiger partial charge is 0.456 e. The first kappa shape index (κ1) is 39.6. The summed E-state index contributed by atoms with van der Waals surface area (Å²) in [7, 11) is 0. The van der Waals surface area contributed by atoms with Crippen molar-refractivity contribution in [2.45, 2.75) is 103 Å². The Morgan fingerprint density at radius 1 is 0.552 bits per heavy atom. The van der Waals surface area contributed by atoms with E-state index in [1.807, 2.05) is 72.8 Å². The number of carbonyl (C=O) groups is 2. The molecule has 0 N–H and O–H groups in total. The minimum absolute atomic E-state index is 0.123. The average Bonchev–Trinajstić information content (AvgIpc) is 3.88. The van der Waals surface area contributed by atoms with Crippen LogP contribution in [0.4, 0.5) is 0 Å². The minimum Gasteiger partial charge on any atom is -0.456 e. The van der Waals surface area contributed by atoms with E-state index in [9.17, 15) is 9.59 Å². The third-order valence-corrected chi connectivity index (χ3v) is 12.1. The molecule has 2 heterocycles. The van der Waals surface area contributed by atoms with Gasteiger partial charge in [-0.2, -0.15) is 0 Å². The van der Waals surface area contributed by atoms with Crippen LogP contribution in [-0.2, 0) is 31.9 Å². The number of ether oxygens (including phenoxy) is 2.